The van der Waals surface area contributed by atoms with Crippen LogP contribution in [0.25, 0.3) is 11.4 Å². The molecule has 0 aliphatic carbocycles. The van der Waals surface area contributed by atoms with Crippen LogP contribution in [-0.4, -0.2) is 33.5 Å². The molecule has 3 rings (SSSR count). The molecule has 6 nitrogen and oxygen atoms in total. The number of carbonyl (C=O) groups excluding carboxylic acids is 1. The summed E-state index contributed by atoms with van der Waals surface area (Å²) in [7, 11) is 0. The van der Waals surface area contributed by atoms with Gasteiger partial charge in [0, 0.05) is 25.1 Å². The number of H-pyrrole nitrogens is 1. The molecule has 0 unspecified atom stereocenters. The Morgan fingerprint density at radius 2 is 1.84 bits per heavy atom. The van der Waals surface area contributed by atoms with Crippen molar-refractivity contribution >= 4 is 18.1 Å². The summed E-state index contributed by atoms with van der Waals surface area (Å²) in [6.45, 7) is 1.26. The Bertz CT molecular complexity index is 1070. The molecular weight excluding hydrogens is 429 g/mol. The van der Waals surface area contributed by atoms with E-state index in [1.165, 1.54) is 12.1 Å². The lowest BCUT2D eigenvalue weighted by Gasteiger charge is -2.10. The molecule has 1 amide bonds. The van der Waals surface area contributed by atoms with Gasteiger partial charge in [-0.25, -0.2) is 0 Å². The zero-order valence-corrected chi connectivity index (χ0v) is 17.5. The number of nitrogens with one attached hydrogen (secondary N) is 2. The van der Waals surface area contributed by atoms with E-state index < -0.39 is 12.8 Å². The van der Waals surface area contributed by atoms with Crippen molar-refractivity contribution in [2.75, 3.05) is 6.61 Å². The summed E-state index contributed by atoms with van der Waals surface area (Å²) in [5.74, 6) is 0.591. The maximum atomic E-state index is 12.3. The topological polar surface area (TPSA) is 71.9 Å². The highest BCUT2D eigenvalue weighted by Crippen LogP contribution is 2.20. The fraction of sp³-hybridized carbons (Fsp3) is 0.286. The van der Waals surface area contributed by atoms with Crippen LogP contribution in [0.5, 0.6) is 5.75 Å². The fourth-order valence-corrected chi connectivity index (χ4v) is 3.04. The number of rotatable bonds is 8. The summed E-state index contributed by atoms with van der Waals surface area (Å²) in [5.41, 5.74) is 2.77. The lowest BCUT2D eigenvalue weighted by atomic mass is 10.1. The summed E-state index contributed by atoms with van der Waals surface area (Å²) in [6, 6.07) is 13.9. The molecule has 0 bridgehead atoms. The Morgan fingerprint density at radius 1 is 1.16 bits per heavy atom. The van der Waals surface area contributed by atoms with Crippen LogP contribution in [0.4, 0.5) is 13.2 Å². The van der Waals surface area contributed by atoms with Gasteiger partial charge in [-0.3, -0.25) is 14.5 Å². The molecule has 2 N–H and O–H groups in total. The standard InChI is InChI=1S/C21H21F3N4O2S/c1-14-2-6-16(7-3-14)19-26-27-20(31)28(19)11-10-18(29)25-12-15-4-8-17(9-5-15)30-13-21(22,23)24/h2-9H,10-13H2,1H3,(H,25,29)(H,27,31). The number of amides is 1. The first-order valence-corrected chi connectivity index (χ1v) is 9.89. The van der Waals surface area contributed by atoms with Gasteiger partial charge >= 0.3 is 6.18 Å². The van der Waals surface area contributed by atoms with Crippen LogP contribution >= 0.6 is 12.2 Å². The van der Waals surface area contributed by atoms with Crippen LogP contribution < -0.4 is 10.1 Å². The molecule has 0 radical (unpaired) electrons. The number of halogens is 3. The van der Waals surface area contributed by atoms with Crippen molar-refractivity contribution in [3.63, 3.8) is 0 Å². The number of carbonyl (C=O) groups is 1. The van der Waals surface area contributed by atoms with Gasteiger partial charge in [0.15, 0.2) is 17.2 Å². The lowest BCUT2D eigenvalue weighted by Crippen LogP contribution is -2.24. The molecule has 0 aliphatic rings. The fourth-order valence-electron chi connectivity index (χ4n) is 2.82. The molecule has 0 atom stereocenters. The van der Waals surface area contributed by atoms with Gasteiger partial charge in [0.1, 0.15) is 5.75 Å². The number of benzene rings is 2. The van der Waals surface area contributed by atoms with E-state index in [0.29, 0.717) is 17.1 Å². The average molecular weight is 450 g/mol. The first-order valence-electron chi connectivity index (χ1n) is 9.49. The van der Waals surface area contributed by atoms with Crippen molar-refractivity contribution in [3.8, 4) is 17.1 Å². The van der Waals surface area contributed by atoms with E-state index in [2.05, 4.69) is 20.3 Å². The summed E-state index contributed by atoms with van der Waals surface area (Å²) in [6.07, 6.45) is -4.19. The largest absolute Gasteiger partial charge is 0.484 e. The van der Waals surface area contributed by atoms with Crippen LogP contribution in [0.1, 0.15) is 17.5 Å². The molecule has 0 spiro atoms. The van der Waals surface area contributed by atoms with E-state index in [4.69, 9.17) is 12.2 Å². The van der Waals surface area contributed by atoms with Gasteiger partial charge in [0.05, 0.1) is 0 Å². The van der Waals surface area contributed by atoms with E-state index >= 15 is 0 Å². The van der Waals surface area contributed by atoms with Gasteiger partial charge < -0.3 is 10.1 Å². The summed E-state index contributed by atoms with van der Waals surface area (Å²) < 4.78 is 43.4. The van der Waals surface area contributed by atoms with Gasteiger partial charge in [0.25, 0.3) is 0 Å². The minimum absolute atomic E-state index is 0.116. The predicted octanol–water partition coefficient (Wildman–Crippen LogP) is 4.56. The van der Waals surface area contributed by atoms with Crippen molar-refractivity contribution in [2.24, 2.45) is 0 Å². The van der Waals surface area contributed by atoms with Gasteiger partial charge in [-0.15, -0.1) is 0 Å². The Kier molecular flexibility index (Phi) is 7.11. The van der Waals surface area contributed by atoms with E-state index in [9.17, 15) is 18.0 Å². The lowest BCUT2D eigenvalue weighted by molar-refractivity contribution is -0.153. The zero-order chi connectivity index (χ0) is 22.4. The third kappa shape index (κ3) is 6.68. The molecule has 0 saturated carbocycles. The van der Waals surface area contributed by atoms with Crippen LogP contribution in [0.2, 0.25) is 0 Å². The minimum Gasteiger partial charge on any atom is -0.484 e. The maximum absolute atomic E-state index is 12.3. The quantitative estimate of drug-likeness (QED) is 0.494. The second kappa shape index (κ2) is 9.78. The highest BCUT2D eigenvalue weighted by atomic mass is 32.1. The van der Waals surface area contributed by atoms with Crippen LogP contribution in [-0.2, 0) is 17.9 Å². The number of ether oxygens (including phenoxy) is 1. The summed E-state index contributed by atoms with van der Waals surface area (Å²) in [4.78, 5) is 12.3. The number of nitrogens with zero attached hydrogens (tertiary/aromatic N) is 2. The van der Waals surface area contributed by atoms with Crippen LogP contribution in [0.15, 0.2) is 48.5 Å². The Hall–Kier alpha value is -3.14. The Labute approximate surface area is 182 Å². The maximum Gasteiger partial charge on any atom is 0.422 e. The van der Waals surface area contributed by atoms with Crippen molar-refractivity contribution in [1.82, 2.24) is 20.1 Å². The number of hydrogen-bond acceptors (Lipinski definition) is 4. The Morgan fingerprint density at radius 3 is 2.48 bits per heavy atom. The van der Waals surface area contributed by atoms with Crippen LogP contribution in [0, 0.1) is 11.7 Å². The van der Waals surface area contributed by atoms with Gasteiger partial charge in [-0.1, -0.05) is 42.0 Å². The van der Waals surface area contributed by atoms with Crippen LogP contribution in [0.3, 0.4) is 0 Å². The molecule has 0 aliphatic heterocycles. The predicted molar refractivity (Wildman–Crippen MR) is 112 cm³/mol. The second-order valence-corrected chi connectivity index (χ2v) is 7.33. The SMILES string of the molecule is Cc1ccc(-c2n[nH]c(=S)n2CCC(=O)NCc2ccc(OCC(F)(F)F)cc2)cc1. The second-order valence-electron chi connectivity index (χ2n) is 6.94. The minimum atomic E-state index is -4.39. The highest BCUT2D eigenvalue weighted by molar-refractivity contribution is 7.71. The molecule has 1 aromatic heterocycles. The monoisotopic (exact) mass is 450 g/mol. The number of hydrogen-bond donors (Lipinski definition) is 2. The third-order valence-electron chi connectivity index (χ3n) is 4.45. The molecule has 1 heterocycles. The van der Waals surface area contributed by atoms with Crippen molar-refractivity contribution in [2.45, 2.75) is 32.6 Å². The molecule has 10 heteroatoms. The third-order valence-corrected chi connectivity index (χ3v) is 4.76. The van der Waals surface area contributed by atoms with Gasteiger partial charge in [-0.05, 0) is 36.8 Å². The van der Waals surface area contributed by atoms with E-state index in [0.717, 1.165) is 16.7 Å². The molecule has 164 valence electrons. The van der Waals surface area contributed by atoms with Gasteiger partial charge in [0.2, 0.25) is 5.91 Å². The molecule has 3 aromatic rings. The molecule has 0 saturated heterocycles. The van der Waals surface area contributed by atoms with E-state index in [1.54, 1.807) is 16.7 Å². The normalized spacial score (nSPS) is 11.4. The zero-order valence-electron chi connectivity index (χ0n) is 16.7. The van der Waals surface area contributed by atoms with E-state index in [1.807, 2.05) is 31.2 Å². The number of aromatic nitrogens is 3. The summed E-state index contributed by atoms with van der Waals surface area (Å²) >= 11 is 5.28. The highest BCUT2D eigenvalue weighted by Gasteiger charge is 2.28. The average Bonchev–Trinajstić information content (AvgIpc) is 3.10. The van der Waals surface area contributed by atoms with Gasteiger partial charge in [-0.2, -0.15) is 18.3 Å². The first-order chi connectivity index (χ1) is 14.7. The number of aromatic amines is 1. The van der Waals surface area contributed by atoms with Crippen molar-refractivity contribution in [3.05, 3.63) is 64.4 Å². The number of aryl methyl sites for hydroxylation is 1. The molecule has 0 fully saturated rings. The molecule has 31 heavy (non-hydrogen) atoms. The van der Waals surface area contributed by atoms with E-state index in [-0.39, 0.29) is 24.6 Å². The first kappa shape index (κ1) is 22.5. The van der Waals surface area contributed by atoms with Crippen molar-refractivity contribution < 1.29 is 22.7 Å². The smallest absolute Gasteiger partial charge is 0.422 e. The molecular formula is C21H21F3N4O2S. The Balaban J connectivity index is 1.52. The summed E-state index contributed by atoms with van der Waals surface area (Å²) in [5, 5.41) is 9.80. The molecule has 2 aromatic carbocycles. The number of alkyl halides is 3. The van der Waals surface area contributed by atoms with Crippen molar-refractivity contribution in [1.29, 1.82) is 0 Å².